The monoisotopic (exact) mass is 533 g/mol. The summed E-state index contributed by atoms with van der Waals surface area (Å²) in [5.41, 5.74) is 1.97. The molecule has 0 aliphatic carbocycles. The maximum Gasteiger partial charge on any atom is 0.347 e. The topological polar surface area (TPSA) is 101 Å². The van der Waals surface area contributed by atoms with Crippen molar-refractivity contribution < 1.29 is 27.9 Å². The zero-order valence-corrected chi connectivity index (χ0v) is 23.3. The van der Waals surface area contributed by atoms with Crippen LogP contribution in [0, 0.1) is 25.7 Å². The summed E-state index contributed by atoms with van der Waals surface area (Å²) in [5.74, 6) is -1.01. The van der Waals surface area contributed by atoms with Crippen LogP contribution >= 0.6 is 11.8 Å². The number of aliphatic carboxylic acids is 1. The Bertz CT molecular complexity index is 1210. The molecule has 0 radical (unpaired) electrons. The third kappa shape index (κ3) is 6.49. The number of rotatable bonds is 10. The van der Waals surface area contributed by atoms with Crippen molar-refractivity contribution in [3.8, 4) is 5.75 Å². The molecule has 1 heterocycles. The molecular formula is C27H35NO6S2. The number of sulfonamides is 1. The Hall–Kier alpha value is -2.36. The van der Waals surface area contributed by atoms with Gasteiger partial charge < -0.3 is 9.84 Å². The number of carbonyl (C=O) groups is 2. The maximum absolute atomic E-state index is 13.4. The van der Waals surface area contributed by atoms with E-state index in [2.05, 4.69) is 0 Å². The number of benzene rings is 2. The van der Waals surface area contributed by atoms with Crippen LogP contribution in [0.2, 0.25) is 0 Å². The van der Waals surface area contributed by atoms with E-state index >= 15 is 0 Å². The van der Waals surface area contributed by atoms with Gasteiger partial charge in [0.05, 0.1) is 6.26 Å². The molecule has 0 aromatic heterocycles. The van der Waals surface area contributed by atoms with Crippen molar-refractivity contribution in [2.75, 3.05) is 25.6 Å². The van der Waals surface area contributed by atoms with Crippen LogP contribution < -0.4 is 4.74 Å². The van der Waals surface area contributed by atoms with Gasteiger partial charge in [-0.3, -0.25) is 4.79 Å². The summed E-state index contributed by atoms with van der Waals surface area (Å²) < 4.78 is 31.8. The van der Waals surface area contributed by atoms with Crippen LogP contribution in [-0.4, -0.2) is 60.8 Å². The Kier molecular flexibility index (Phi) is 8.58. The number of ether oxygens (including phenoxy) is 1. The standard InChI is InChI=1S/C27H35NO6S2/c1-17-13-19(14-18(2)25(17)34-27(3,4)26(30)31)7-8-21-15-28(36(6,32)33)16-23(21)24(29)20-9-11-22(35-5)12-10-20/h9-14,21,23H,7-8,15-16H2,1-6H3,(H,30,31)/t21-,23-/m1/s1. The third-order valence-electron chi connectivity index (χ3n) is 6.78. The van der Waals surface area contributed by atoms with E-state index in [9.17, 15) is 23.1 Å². The van der Waals surface area contributed by atoms with Gasteiger partial charge in [-0.2, -0.15) is 0 Å². The molecule has 0 spiro atoms. The zero-order chi connectivity index (χ0) is 26.8. The number of carbonyl (C=O) groups excluding carboxylic acids is 1. The van der Waals surface area contributed by atoms with Crippen molar-refractivity contribution in [2.24, 2.45) is 11.8 Å². The smallest absolute Gasteiger partial charge is 0.347 e. The number of hydrogen-bond donors (Lipinski definition) is 1. The minimum absolute atomic E-state index is 0.0224. The Labute approximate surface area is 218 Å². The fourth-order valence-corrected chi connectivity index (χ4v) is 5.96. The van der Waals surface area contributed by atoms with Gasteiger partial charge >= 0.3 is 5.97 Å². The summed E-state index contributed by atoms with van der Waals surface area (Å²) in [6.45, 7) is 7.32. The molecule has 36 heavy (non-hydrogen) atoms. The Morgan fingerprint density at radius 1 is 1.11 bits per heavy atom. The van der Waals surface area contributed by atoms with Crippen LogP contribution in [0.15, 0.2) is 41.3 Å². The van der Waals surface area contributed by atoms with Gasteiger partial charge in [-0.15, -0.1) is 11.8 Å². The van der Waals surface area contributed by atoms with Crippen LogP contribution in [0.1, 0.15) is 47.3 Å². The van der Waals surface area contributed by atoms with E-state index in [1.165, 1.54) is 24.4 Å². The van der Waals surface area contributed by atoms with Crippen molar-refractivity contribution >= 4 is 33.5 Å². The number of carboxylic acids is 1. The van der Waals surface area contributed by atoms with Crippen LogP contribution in [0.4, 0.5) is 0 Å². The van der Waals surface area contributed by atoms with Gasteiger partial charge in [-0.05, 0) is 81.5 Å². The fraction of sp³-hybridized carbons (Fsp3) is 0.481. The lowest BCUT2D eigenvalue weighted by atomic mass is 9.84. The maximum atomic E-state index is 13.4. The van der Waals surface area contributed by atoms with Crippen molar-refractivity contribution in [1.82, 2.24) is 4.31 Å². The first-order valence-electron chi connectivity index (χ1n) is 11.9. The van der Waals surface area contributed by atoms with Gasteiger partial charge in [-0.1, -0.05) is 24.3 Å². The summed E-state index contributed by atoms with van der Waals surface area (Å²) >= 11 is 1.60. The number of thioether (sulfide) groups is 1. The highest BCUT2D eigenvalue weighted by Gasteiger charge is 2.41. The summed E-state index contributed by atoms with van der Waals surface area (Å²) in [7, 11) is -3.41. The Morgan fingerprint density at radius 2 is 1.69 bits per heavy atom. The van der Waals surface area contributed by atoms with Crippen molar-refractivity contribution in [3.05, 3.63) is 58.7 Å². The molecule has 0 saturated carbocycles. The molecule has 2 aromatic carbocycles. The van der Waals surface area contributed by atoms with Gasteiger partial charge in [0, 0.05) is 29.5 Å². The number of Topliss-reactive ketones (excluding diaryl/α,β-unsaturated/α-hetero) is 1. The predicted molar refractivity (Wildman–Crippen MR) is 143 cm³/mol. The van der Waals surface area contributed by atoms with Gasteiger partial charge in [0.1, 0.15) is 5.75 Å². The van der Waals surface area contributed by atoms with Crippen LogP contribution in [-0.2, 0) is 21.2 Å². The normalized spacial score (nSPS) is 18.8. The van der Waals surface area contributed by atoms with E-state index in [0.29, 0.717) is 30.7 Å². The van der Waals surface area contributed by atoms with Gasteiger partial charge in [-0.25, -0.2) is 17.5 Å². The van der Waals surface area contributed by atoms with Crippen molar-refractivity contribution in [3.63, 3.8) is 0 Å². The molecular weight excluding hydrogens is 498 g/mol. The Morgan fingerprint density at radius 3 is 2.19 bits per heavy atom. The van der Waals surface area contributed by atoms with E-state index in [1.807, 2.05) is 56.5 Å². The SMILES string of the molecule is CSc1ccc(C(=O)[C@@H]2CN(S(C)(=O)=O)C[C@H]2CCc2cc(C)c(OC(C)(C)C(=O)O)c(C)c2)cc1. The quantitative estimate of drug-likeness (QED) is 0.352. The lowest BCUT2D eigenvalue weighted by Crippen LogP contribution is -2.38. The molecule has 1 N–H and O–H groups in total. The van der Waals surface area contributed by atoms with Crippen molar-refractivity contribution in [2.45, 2.75) is 51.0 Å². The summed E-state index contributed by atoms with van der Waals surface area (Å²) in [5, 5.41) is 9.40. The lowest BCUT2D eigenvalue weighted by molar-refractivity contribution is -0.152. The van der Waals surface area contributed by atoms with Crippen LogP contribution in [0.25, 0.3) is 0 Å². The second kappa shape index (κ2) is 10.9. The lowest BCUT2D eigenvalue weighted by Gasteiger charge is -2.25. The van der Waals surface area contributed by atoms with E-state index in [1.54, 1.807) is 11.8 Å². The highest BCUT2D eigenvalue weighted by Crippen LogP contribution is 2.34. The van der Waals surface area contributed by atoms with Gasteiger partial charge in [0.15, 0.2) is 11.4 Å². The van der Waals surface area contributed by atoms with E-state index in [-0.39, 0.29) is 18.2 Å². The van der Waals surface area contributed by atoms with Gasteiger partial charge in [0.2, 0.25) is 10.0 Å². The molecule has 0 bridgehead atoms. The van der Waals surface area contributed by atoms with Crippen LogP contribution in [0.5, 0.6) is 5.75 Å². The molecule has 1 saturated heterocycles. The molecule has 1 aliphatic rings. The number of carboxylic acid groups (broad SMARTS) is 1. The zero-order valence-electron chi connectivity index (χ0n) is 21.7. The summed E-state index contributed by atoms with van der Waals surface area (Å²) in [4.78, 5) is 25.9. The first kappa shape index (κ1) is 28.2. The molecule has 0 unspecified atom stereocenters. The number of aryl methyl sites for hydroxylation is 3. The van der Waals surface area contributed by atoms with E-state index in [4.69, 9.17) is 4.74 Å². The minimum Gasteiger partial charge on any atom is -0.478 e. The molecule has 1 aliphatic heterocycles. The average Bonchev–Trinajstić information content (AvgIpc) is 3.24. The number of nitrogens with zero attached hydrogens (tertiary/aromatic N) is 1. The van der Waals surface area contributed by atoms with E-state index < -0.39 is 27.5 Å². The minimum atomic E-state index is -3.41. The summed E-state index contributed by atoms with van der Waals surface area (Å²) in [6.07, 6.45) is 4.49. The number of hydrogen-bond acceptors (Lipinski definition) is 6. The molecule has 7 nitrogen and oxygen atoms in total. The molecule has 2 aromatic rings. The van der Waals surface area contributed by atoms with Crippen molar-refractivity contribution in [1.29, 1.82) is 0 Å². The molecule has 9 heteroatoms. The molecule has 1 fully saturated rings. The Balaban J connectivity index is 1.79. The fourth-order valence-electron chi connectivity index (χ4n) is 4.66. The summed E-state index contributed by atoms with van der Waals surface area (Å²) in [6, 6.07) is 11.4. The highest BCUT2D eigenvalue weighted by atomic mass is 32.2. The van der Waals surface area contributed by atoms with Crippen LogP contribution in [0.3, 0.4) is 0 Å². The molecule has 196 valence electrons. The van der Waals surface area contributed by atoms with E-state index in [0.717, 1.165) is 21.6 Å². The predicted octanol–water partition coefficient (Wildman–Crippen LogP) is 4.59. The largest absolute Gasteiger partial charge is 0.478 e. The second-order valence-electron chi connectivity index (χ2n) is 10.1. The van der Waals surface area contributed by atoms with Gasteiger partial charge in [0.25, 0.3) is 0 Å². The first-order valence-corrected chi connectivity index (χ1v) is 15.0. The molecule has 2 atom stereocenters. The second-order valence-corrected chi connectivity index (χ2v) is 12.9. The molecule has 3 rings (SSSR count). The highest BCUT2D eigenvalue weighted by molar-refractivity contribution is 7.98. The molecule has 0 amide bonds. The number of ketones is 1. The first-order chi connectivity index (χ1) is 16.7. The third-order valence-corrected chi connectivity index (χ3v) is 8.76. The average molecular weight is 534 g/mol.